The number of carbonyl (C=O) groups excluding carboxylic acids is 2. The molecule has 0 saturated heterocycles. The molecule has 1 N–H and O–H groups in total. The zero-order valence-electron chi connectivity index (χ0n) is 19.1. The molecule has 0 atom stereocenters. The number of benzene rings is 3. The van der Waals surface area contributed by atoms with Gasteiger partial charge in [0.25, 0.3) is 15.9 Å². The summed E-state index contributed by atoms with van der Waals surface area (Å²) in [7, 11) is -2.58. The number of rotatable bonds is 7. The summed E-state index contributed by atoms with van der Waals surface area (Å²) in [4.78, 5) is 25.0. The topological polar surface area (TPSA) is 102 Å². The zero-order valence-corrected chi connectivity index (χ0v) is 20.7. The molecule has 3 aromatic carbocycles. The van der Waals surface area contributed by atoms with Gasteiger partial charge >= 0.3 is 5.97 Å². The number of carbonyl (C=O) groups is 2. The van der Waals surface area contributed by atoms with Crippen LogP contribution in [0, 0.1) is 6.92 Å². The highest BCUT2D eigenvalue weighted by Crippen LogP contribution is 2.34. The zero-order chi connectivity index (χ0) is 25.2. The van der Waals surface area contributed by atoms with Gasteiger partial charge in [0.15, 0.2) is 6.61 Å². The Bertz CT molecular complexity index is 1410. The van der Waals surface area contributed by atoms with E-state index in [1.54, 1.807) is 37.3 Å². The fourth-order valence-corrected chi connectivity index (χ4v) is 5.53. The molecule has 182 valence electrons. The first-order valence-corrected chi connectivity index (χ1v) is 12.5. The van der Waals surface area contributed by atoms with Gasteiger partial charge in [0.05, 0.1) is 17.7 Å². The number of fused-ring (bicyclic) bond motifs is 1. The lowest BCUT2D eigenvalue weighted by Gasteiger charge is -2.20. The lowest BCUT2D eigenvalue weighted by Crippen LogP contribution is -2.29. The first-order chi connectivity index (χ1) is 16.7. The van der Waals surface area contributed by atoms with E-state index in [4.69, 9.17) is 21.1 Å². The van der Waals surface area contributed by atoms with Gasteiger partial charge in [-0.15, -0.1) is 0 Å². The van der Waals surface area contributed by atoms with Gasteiger partial charge in [0.2, 0.25) is 0 Å². The SMILES string of the molecule is COc1ccc(S(=O)(=O)N2CCc3ccccc32)cc1C(=O)OCC(=O)Nc1cccc(Cl)c1C. The minimum atomic E-state index is -3.94. The Kier molecular flexibility index (Phi) is 7.00. The van der Waals surface area contributed by atoms with Gasteiger partial charge in [0, 0.05) is 17.3 Å². The van der Waals surface area contributed by atoms with E-state index in [1.807, 2.05) is 12.1 Å². The van der Waals surface area contributed by atoms with Crippen LogP contribution in [-0.4, -0.2) is 40.6 Å². The molecule has 1 amide bonds. The molecule has 0 spiro atoms. The van der Waals surface area contributed by atoms with Gasteiger partial charge < -0.3 is 14.8 Å². The average molecular weight is 515 g/mol. The third-order valence-electron chi connectivity index (χ3n) is 5.70. The molecular formula is C25H23ClN2O6S. The average Bonchev–Trinajstić information content (AvgIpc) is 3.30. The Morgan fingerprint density at radius 2 is 1.86 bits per heavy atom. The number of sulfonamides is 1. The van der Waals surface area contributed by atoms with Crippen molar-refractivity contribution in [1.29, 1.82) is 0 Å². The Balaban J connectivity index is 1.52. The van der Waals surface area contributed by atoms with Crippen molar-refractivity contribution in [2.24, 2.45) is 0 Å². The molecule has 0 unspecified atom stereocenters. The monoisotopic (exact) mass is 514 g/mol. The van der Waals surface area contributed by atoms with Crippen molar-refractivity contribution in [2.45, 2.75) is 18.2 Å². The minimum Gasteiger partial charge on any atom is -0.496 e. The molecule has 4 rings (SSSR count). The van der Waals surface area contributed by atoms with Crippen molar-refractivity contribution in [3.8, 4) is 5.75 Å². The van der Waals surface area contributed by atoms with Gasteiger partial charge in [-0.3, -0.25) is 9.10 Å². The Morgan fingerprint density at radius 3 is 2.63 bits per heavy atom. The van der Waals surface area contributed by atoms with Crippen LogP contribution < -0.4 is 14.4 Å². The first kappa shape index (κ1) is 24.6. The second-order valence-electron chi connectivity index (χ2n) is 7.85. The highest BCUT2D eigenvalue weighted by molar-refractivity contribution is 7.92. The lowest BCUT2D eigenvalue weighted by molar-refractivity contribution is -0.119. The molecule has 3 aromatic rings. The minimum absolute atomic E-state index is 0.0824. The molecule has 1 aliphatic heterocycles. The van der Waals surface area contributed by atoms with E-state index in [9.17, 15) is 18.0 Å². The maximum Gasteiger partial charge on any atom is 0.342 e. The van der Waals surface area contributed by atoms with Crippen molar-refractivity contribution in [3.63, 3.8) is 0 Å². The van der Waals surface area contributed by atoms with E-state index in [-0.39, 0.29) is 16.2 Å². The number of nitrogens with zero attached hydrogens (tertiary/aromatic N) is 1. The maximum atomic E-state index is 13.4. The van der Waals surface area contributed by atoms with Crippen LogP contribution in [0.4, 0.5) is 11.4 Å². The maximum absolute atomic E-state index is 13.4. The molecule has 0 fully saturated rings. The van der Waals surface area contributed by atoms with E-state index < -0.39 is 28.5 Å². The van der Waals surface area contributed by atoms with Crippen LogP contribution in [0.5, 0.6) is 5.75 Å². The van der Waals surface area contributed by atoms with Gasteiger partial charge in [-0.2, -0.15) is 0 Å². The molecule has 10 heteroatoms. The second kappa shape index (κ2) is 9.97. The number of amides is 1. The molecule has 8 nitrogen and oxygen atoms in total. The standard InChI is InChI=1S/C25H23ClN2O6S/c1-16-20(26)7-5-8-21(16)27-24(29)15-34-25(30)19-14-18(10-11-23(19)33-2)35(31,32)28-13-12-17-6-3-4-9-22(17)28/h3-11,14H,12-13,15H2,1-2H3,(H,27,29). The van der Waals surface area contributed by atoms with Crippen LogP contribution in [-0.2, 0) is 26.0 Å². The highest BCUT2D eigenvalue weighted by atomic mass is 35.5. The normalized spacial score (nSPS) is 12.7. The summed E-state index contributed by atoms with van der Waals surface area (Å²) in [6, 6.07) is 16.3. The molecule has 35 heavy (non-hydrogen) atoms. The number of para-hydroxylation sites is 1. The van der Waals surface area contributed by atoms with Crippen molar-refractivity contribution < 1.29 is 27.5 Å². The number of methoxy groups -OCH3 is 1. The van der Waals surface area contributed by atoms with Crippen LogP contribution in [0.25, 0.3) is 0 Å². The molecule has 0 bridgehead atoms. The van der Waals surface area contributed by atoms with E-state index in [2.05, 4.69) is 5.32 Å². The summed E-state index contributed by atoms with van der Waals surface area (Å²) in [6.45, 7) is 1.47. The first-order valence-electron chi connectivity index (χ1n) is 10.7. The number of nitrogens with one attached hydrogen (secondary N) is 1. The number of anilines is 2. The Hall–Kier alpha value is -3.56. The smallest absolute Gasteiger partial charge is 0.342 e. The number of hydrogen-bond acceptors (Lipinski definition) is 6. The van der Waals surface area contributed by atoms with Crippen LogP contribution in [0.2, 0.25) is 5.02 Å². The lowest BCUT2D eigenvalue weighted by atomic mass is 10.2. The Labute approximate surface area is 208 Å². The summed E-state index contributed by atoms with van der Waals surface area (Å²) in [5.74, 6) is -1.33. The largest absolute Gasteiger partial charge is 0.496 e. The van der Waals surface area contributed by atoms with Crippen molar-refractivity contribution >= 4 is 44.9 Å². The summed E-state index contributed by atoms with van der Waals surface area (Å²) < 4.78 is 38.4. The van der Waals surface area contributed by atoms with Crippen LogP contribution in [0.3, 0.4) is 0 Å². The molecule has 0 aromatic heterocycles. The van der Waals surface area contributed by atoms with Gasteiger partial charge in [-0.1, -0.05) is 35.9 Å². The van der Waals surface area contributed by atoms with E-state index in [0.717, 1.165) is 5.56 Å². The molecule has 1 heterocycles. The third kappa shape index (κ3) is 4.96. The van der Waals surface area contributed by atoms with Crippen molar-refractivity contribution in [2.75, 3.05) is 29.9 Å². The van der Waals surface area contributed by atoms with E-state index in [0.29, 0.717) is 34.9 Å². The van der Waals surface area contributed by atoms with Gasteiger partial charge in [0.1, 0.15) is 11.3 Å². The van der Waals surface area contributed by atoms with Crippen molar-refractivity contribution in [3.05, 3.63) is 82.4 Å². The van der Waals surface area contributed by atoms with Crippen LogP contribution in [0.1, 0.15) is 21.5 Å². The van der Waals surface area contributed by atoms with E-state index >= 15 is 0 Å². The third-order valence-corrected chi connectivity index (χ3v) is 7.92. The van der Waals surface area contributed by atoms with Crippen LogP contribution in [0.15, 0.2) is 65.6 Å². The summed E-state index contributed by atoms with van der Waals surface area (Å²) >= 11 is 6.06. The highest BCUT2D eigenvalue weighted by Gasteiger charge is 2.32. The summed E-state index contributed by atoms with van der Waals surface area (Å²) in [6.07, 6.45) is 0.599. The molecule has 0 radical (unpaired) electrons. The van der Waals surface area contributed by atoms with Gasteiger partial charge in [-0.05, 0) is 60.9 Å². The van der Waals surface area contributed by atoms with Crippen molar-refractivity contribution in [1.82, 2.24) is 0 Å². The molecule has 0 saturated carbocycles. The van der Waals surface area contributed by atoms with E-state index in [1.165, 1.54) is 29.6 Å². The predicted octanol–water partition coefficient (Wildman–Crippen LogP) is 4.20. The Morgan fingerprint density at radius 1 is 1.09 bits per heavy atom. The van der Waals surface area contributed by atoms with Crippen LogP contribution >= 0.6 is 11.6 Å². The fourth-order valence-electron chi connectivity index (χ4n) is 3.83. The number of esters is 1. The molecule has 1 aliphatic rings. The molecular weight excluding hydrogens is 492 g/mol. The quantitative estimate of drug-likeness (QED) is 0.474. The predicted molar refractivity (Wildman–Crippen MR) is 133 cm³/mol. The summed E-state index contributed by atoms with van der Waals surface area (Å²) in [5.41, 5.74) is 2.62. The number of hydrogen-bond donors (Lipinski definition) is 1. The molecule has 0 aliphatic carbocycles. The van der Waals surface area contributed by atoms with Gasteiger partial charge in [-0.25, -0.2) is 13.2 Å². The number of ether oxygens (including phenoxy) is 2. The number of halogens is 1. The second-order valence-corrected chi connectivity index (χ2v) is 10.1. The fraction of sp³-hybridized carbons (Fsp3) is 0.200. The summed E-state index contributed by atoms with van der Waals surface area (Å²) in [5, 5.41) is 3.12.